The molecule has 0 radical (unpaired) electrons. The fourth-order valence-electron chi connectivity index (χ4n) is 4.48. The Hall–Kier alpha value is -4.47. The molecule has 2 N–H and O–H groups in total. The number of fused-ring (bicyclic) bond motifs is 3. The van der Waals surface area contributed by atoms with Gasteiger partial charge in [-0.25, -0.2) is 9.59 Å². The maximum atomic E-state index is 12.8. The second-order valence-electron chi connectivity index (χ2n) is 8.97. The molecule has 192 valence electrons. The van der Waals surface area contributed by atoms with Gasteiger partial charge in [-0.3, -0.25) is 23.9 Å². The molecule has 2 aromatic carbocycles. The van der Waals surface area contributed by atoms with Gasteiger partial charge in [-0.05, 0) is 36.1 Å². The van der Waals surface area contributed by atoms with E-state index < -0.39 is 23.2 Å². The Morgan fingerprint density at radius 2 is 1.65 bits per heavy atom. The first kappa shape index (κ1) is 25.6. The van der Waals surface area contributed by atoms with Crippen LogP contribution in [0, 0.1) is 6.92 Å². The number of aryl methyl sites for hydroxylation is 1. The van der Waals surface area contributed by atoms with Crippen molar-refractivity contribution in [1.29, 1.82) is 0 Å². The van der Waals surface area contributed by atoms with Crippen LogP contribution in [0.3, 0.4) is 0 Å². The molecular formula is C27H28N4O6. The number of carbonyl (C=O) groups is 3. The van der Waals surface area contributed by atoms with E-state index in [-0.39, 0.29) is 50.1 Å². The number of ether oxygens (including phenoxy) is 1. The Kier molecular flexibility index (Phi) is 7.66. The number of nitrogens with one attached hydrogen (secondary N) is 2. The van der Waals surface area contributed by atoms with Crippen molar-refractivity contribution in [2.24, 2.45) is 0 Å². The first-order valence-electron chi connectivity index (χ1n) is 11.9. The summed E-state index contributed by atoms with van der Waals surface area (Å²) in [6.07, 6.45) is 0.657. The lowest BCUT2D eigenvalue weighted by atomic mass is 9.98. The molecule has 0 bridgehead atoms. The molecule has 2 amide bonds. The molecule has 0 fully saturated rings. The summed E-state index contributed by atoms with van der Waals surface area (Å²) >= 11 is 0. The number of amides is 2. The number of hydrogen-bond acceptors (Lipinski definition) is 6. The van der Waals surface area contributed by atoms with Gasteiger partial charge >= 0.3 is 11.8 Å². The van der Waals surface area contributed by atoms with Gasteiger partial charge in [0.1, 0.15) is 18.9 Å². The molecule has 1 aromatic heterocycles. The predicted molar refractivity (Wildman–Crippen MR) is 136 cm³/mol. The summed E-state index contributed by atoms with van der Waals surface area (Å²) in [4.78, 5) is 63.9. The maximum absolute atomic E-state index is 12.8. The lowest BCUT2D eigenvalue weighted by Gasteiger charge is -2.22. The zero-order valence-corrected chi connectivity index (χ0v) is 20.7. The van der Waals surface area contributed by atoms with Crippen LogP contribution in [-0.4, -0.2) is 58.5 Å². The van der Waals surface area contributed by atoms with Gasteiger partial charge in [0.2, 0.25) is 5.91 Å². The first-order chi connectivity index (χ1) is 17.7. The van der Waals surface area contributed by atoms with Crippen LogP contribution in [0.15, 0.2) is 64.3 Å². The van der Waals surface area contributed by atoms with Crippen molar-refractivity contribution in [3.8, 4) is 11.1 Å². The highest BCUT2D eigenvalue weighted by Crippen LogP contribution is 2.44. The van der Waals surface area contributed by atoms with Gasteiger partial charge < -0.3 is 15.0 Å². The normalized spacial score (nSPS) is 11.9. The van der Waals surface area contributed by atoms with Gasteiger partial charge in [0.15, 0.2) is 0 Å². The van der Waals surface area contributed by atoms with Gasteiger partial charge in [0, 0.05) is 30.8 Å². The Morgan fingerprint density at radius 1 is 1.03 bits per heavy atom. The Bertz CT molecular complexity index is 1410. The van der Waals surface area contributed by atoms with Gasteiger partial charge in [0.05, 0.1) is 6.54 Å². The fourth-order valence-corrected chi connectivity index (χ4v) is 4.48. The number of hydrogen-bond donors (Lipinski definition) is 2. The average Bonchev–Trinajstić information content (AvgIpc) is 3.19. The molecule has 0 unspecified atom stereocenters. The highest BCUT2D eigenvalue weighted by Gasteiger charge is 2.29. The number of Topliss-reactive ketones (excluding diaryl/α,β-unsaturated/α-hetero) is 1. The average molecular weight is 505 g/mol. The summed E-state index contributed by atoms with van der Waals surface area (Å²) in [5.74, 6) is -0.828. The zero-order chi connectivity index (χ0) is 26.5. The number of benzene rings is 2. The third-order valence-corrected chi connectivity index (χ3v) is 6.26. The minimum Gasteiger partial charge on any atom is -0.449 e. The number of aromatic nitrogens is 2. The molecule has 4 rings (SSSR count). The number of carbonyl (C=O) groups excluding carboxylic acids is 3. The largest absolute Gasteiger partial charge is 0.449 e. The van der Waals surface area contributed by atoms with Crippen molar-refractivity contribution in [1.82, 2.24) is 19.8 Å². The van der Waals surface area contributed by atoms with E-state index in [1.807, 2.05) is 36.4 Å². The molecule has 0 saturated carbocycles. The predicted octanol–water partition coefficient (Wildman–Crippen LogP) is 1.80. The highest BCUT2D eigenvalue weighted by molar-refractivity contribution is 5.84. The third-order valence-electron chi connectivity index (χ3n) is 6.26. The van der Waals surface area contributed by atoms with Crippen LogP contribution in [0.2, 0.25) is 0 Å². The van der Waals surface area contributed by atoms with Gasteiger partial charge in [-0.15, -0.1) is 0 Å². The van der Waals surface area contributed by atoms with Gasteiger partial charge in [0.25, 0.3) is 5.56 Å². The van der Waals surface area contributed by atoms with Crippen LogP contribution in [0.5, 0.6) is 0 Å². The number of aromatic amines is 1. The van der Waals surface area contributed by atoms with Crippen LogP contribution in [0.4, 0.5) is 4.79 Å². The third kappa shape index (κ3) is 5.85. The van der Waals surface area contributed by atoms with Crippen molar-refractivity contribution in [3.05, 3.63) is 92.3 Å². The molecule has 0 atom stereocenters. The number of H-pyrrole nitrogens is 1. The SMILES string of the molecule is CC(=O)CN(CCNC(=O)OCC1c2ccccc2-c2ccccc21)C(=O)Cn1cc(C)c(=O)[nH]c1=O. The summed E-state index contributed by atoms with van der Waals surface area (Å²) in [6, 6.07) is 16.0. The lowest BCUT2D eigenvalue weighted by molar-refractivity contribution is -0.135. The standard InChI is InChI=1S/C27H28N4O6/c1-17-13-31(26(35)29-25(17)34)15-24(33)30(14-18(2)32)12-11-28-27(36)37-16-23-21-9-5-3-7-19(21)20-8-4-6-10-22(20)23/h3-10,13,23H,11-12,14-16H2,1-2H3,(H,28,36)(H,29,34,35). The first-order valence-corrected chi connectivity index (χ1v) is 11.9. The van der Waals surface area contributed by atoms with Crippen LogP contribution in [0.25, 0.3) is 11.1 Å². The van der Waals surface area contributed by atoms with Gasteiger partial charge in [-0.1, -0.05) is 48.5 Å². The molecular weight excluding hydrogens is 476 g/mol. The molecule has 3 aromatic rings. The van der Waals surface area contributed by atoms with Crippen molar-refractivity contribution in [2.75, 3.05) is 26.2 Å². The van der Waals surface area contributed by atoms with E-state index in [1.165, 1.54) is 24.9 Å². The summed E-state index contributed by atoms with van der Waals surface area (Å²) in [5, 5.41) is 2.62. The summed E-state index contributed by atoms with van der Waals surface area (Å²) in [7, 11) is 0. The van der Waals surface area contributed by atoms with Crippen LogP contribution < -0.4 is 16.6 Å². The van der Waals surface area contributed by atoms with E-state index in [0.29, 0.717) is 0 Å². The second-order valence-corrected chi connectivity index (χ2v) is 8.97. The molecule has 37 heavy (non-hydrogen) atoms. The molecule has 0 aliphatic heterocycles. The number of ketones is 1. The number of rotatable bonds is 9. The fraction of sp³-hybridized carbons (Fsp3) is 0.296. The molecule has 1 aliphatic carbocycles. The van der Waals surface area contributed by atoms with Crippen molar-refractivity contribution >= 4 is 17.8 Å². The lowest BCUT2D eigenvalue weighted by Crippen LogP contribution is -2.44. The van der Waals surface area contributed by atoms with Crippen LogP contribution in [-0.2, 0) is 20.9 Å². The van der Waals surface area contributed by atoms with Crippen LogP contribution >= 0.6 is 0 Å². The van der Waals surface area contributed by atoms with Crippen LogP contribution in [0.1, 0.15) is 29.5 Å². The minimum absolute atomic E-state index is 0.0414. The van der Waals surface area contributed by atoms with E-state index in [2.05, 4.69) is 22.4 Å². The Labute approximate surface area is 212 Å². The van der Waals surface area contributed by atoms with Crippen molar-refractivity contribution in [3.63, 3.8) is 0 Å². The maximum Gasteiger partial charge on any atom is 0.407 e. The smallest absolute Gasteiger partial charge is 0.407 e. The number of alkyl carbamates (subject to hydrolysis) is 1. The summed E-state index contributed by atoms with van der Waals surface area (Å²) in [5.41, 5.74) is 3.49. The molecule has 1 aliphatic rings. The van der Waals surface area contributed by atoms with Crippen molar-refractivity contribution in [2.45, 2.75) is 26.3 Å². The van der Waals surface area contributed by atoms with E-state index in [0.717, 1.165) is 26.8 Å². The molecule has 1 heterocycles. The minimum atomic E-state index is -0.719. The van der Waals surface area contributed by atoms with E-state index >= 15 is 0 Å². The monoisotopic (exact) mass is 504 g/mol. The van der Waals surface area contributed by atoms with Crippen molar-refractivity contribution < 1.29 is 19.1 Å². The van der Waals surface area contributed by atoms with E-state index in [9.17, 15) is 24.0 Å². The van der Waals surface area contributed by atoms with Gasteiger partial charge in [-0.2, -0.15) is 0 Å². The summed E-state index contributed by atoms with van der Waals surface area (Å²) < 4.78 is 6.57. The van der Waals surface area contributed by atoms with E-state index in [4.69, 9.17) is 4.74 Å². The molecule has 10 nitrogen and oxygen atoms in total. The Morgan fingerprint density at radius 3 is 2.27 bits per heavy atom. The number of nitrogens with zero attached hydrogens (tertiary/aromatic N) is 2. The highest BCUT2D eigenvalue weighted by atomic mass is 16.5. The Balaban J connectivity index is 1.33. The summed E-state index contributed by atoms with van der Waals surface area (Å²) in [6.45, 7) is 2.58. The quantitative estimate of drug-likeness (QED) is 0.457. The topological polar surface area (TPSA) is 131 Å². The second kappa shape index (κ2) is 11.1. The molecule has 0 saturated heterocycles. The molecule has 0 spiro atoms. The molecule has 10 heteroatoms. The van der Waals surface area contributed by atoms with E-state index in [1.54, 1.807) is 0 Å². The zero-order valence-electron chi connectivity index (χ0n) is 20.7.